The van der Waals surface area contributed by atoms with E-state index in [-0.39, 0.29) is 22.5 Å². The van der Waals surface area contributed by atoms with Crippen LogP contribution in [-0.4, -0.2) is 47.2 Å². The number of aliphatic hydroxyl groups excluding tert-OH is 2. The Morgan fingerprint density at radius 1 is 0.741 bits per heavy atom. The average molecular weight is 366 g/mol. The highest BCUT2D eigenvalue weighted by atomic mass is 16.3. The van der Waals surface area contributed by atoms with Crippen molar-refractivity contribution in [3.63, 3.8) is 0 Å². The molecule has 2 aromatic rings. The Hall–Kier alpha value is -3.54. The Balaban J connectivity index is 2.42. The van der Waals surface area contributed by atoms with Crippen LogP contribution in [0.5, 0.6) is 0 Å². The van der Waals surface area contributed by atoms with E-state index in [1.54, 1.807) is 0 Å². The Kier molecular flexibility index (Phi) is 6.38. The lowest BCUT2D eigenvalue weighted by Gasteiger charge is -2.27. The van der Waals surface area contributed by atoms with Crippen molar-refractivity contribution >= 4 is 35.1 Å². The molecule has 0 saturated carbocycles. The number of hydrogen-bond acceptors (Lipinski definition) is 8. The van der Waals surface area contributed by atoms with Gasteiger partial charge in [0.1, 0.15) is 5.41 Å². The van der Waals surface area contributed by atoms with E-state index in [1.165, 1.54) is 60.7 Å². The summed E-state index contributed by atoms with van der Waals surface area (Å²) in [6.45, 7) is -1.83. The predicted molar refractivity (Wildman–Crippen MR) is 93.7 cm³/mol. The first-order valence-electron chi connectivity index (χ1n) is 7.69. The summed E-state index contributed by atoms with van der Waals surface area (Å²) in [4.78, 5) is 53.0. The number of nitrogens with zero attached hydrogens (tertiary/aromatic N) is 2. The molecule has 0 radical (unpaired) electrons. The number of rotatable bonds is 8. The van der Waals surface area contributed by atoms with E-state index >= 15 is 0 Å². The third-order valence-electron chi connectivity index (χ3n) is 4.02. The van der Waals surface area contributed by atoms with Gasteiger partial charge in [0, 0.05) is 11.1 Å². The first kappa shape index (κ1) is 19.8. The standard InChI is InChI=1S/C19H14N2O6/c22-9-19(10-23,17(26)13-1-5-15(6-2-13)20-11-24)18(27)14-3-7-16(8-4-14)21-12-25/h1-8,22-23H,9-10H2. The third kappa shape index (κ3) is 4.00. The zero-order valence-corrected chi connectivity index (χ0v) is 14.0. The van der Waals surface area contributed by atoms with E-state index < -0.39 is 30.2 Å². The molecule has 2 rings (SSSR count). The molecule has 0 fully saturated rings. The van der Waals surface area contributed by atoms with Gasteiger partial charge in [-0.25, -0.2) is 9.59 Å². The van der Waals surface area contributed by atoms with Crippen LogP contribution < -0.4 is 0 Å². The lowest BCUT2D eigenvalue weighted by atomic mass is 9.75. The highest BCUT2D eigenvalue weighted by Gasteiger charge is 2.45. The van der Waals surface area contributed by atoms with E-state index in [4.69, 9.17) is 0 Å². The van der Waals surface area contributed by atoms with Crippen molar-refractivity contribution in [2.75, 3.05) is 13.2 Å². The van der Waals surface area contributed by atoms with Gasteiger partial charge in [-0.15, -0.1) is 0 Å². The molecular formula is C19H14N2O6. The van der Waals surface area contributed by atoms with E-state index in [9.17, 15) is 29.4 Å². The minimum absolute atomic E-state index is 0.0541. The molecule has 2 N–H and O–H groups in total. The van der Waals surface area contributed by atoms with Gasteiger partial charge < -0.3 is 10.2 Å². The fourth-order valence-corrected chi connectivity index (χ4v) is 2.47. The fourth-order valence-electron chi connectivity index (χ4n) is 2.47. The molecule has 0 saturated heterocycles. The molecule has 0 heterocycles. The summed E-state index contributed by atoms with van der Waals surface area (Å²) in [7, 11) is 0. The molecule has 0 amide bonds. The predicted octanol–water partition coefficient (Wildman–Crippen LogP) is 1.66. The zero-order chi connectivity index (χ0) is 19.9. The number of ketones is 2. The summed E-state index contributed by atoms with van der Waals surface area (Å²) in [5, 5.41) is 19.6. The van der Waals surface area contributed by atoms with Crippen LogP contribution in [0.1, 0.15) is 20.7 Å². The molecule has 2 aromatic carbocycles. The lowest BCUT2D eigenvalue weighted by molar-refractivity contribution is 0.0367. The first-order valence-corrected chi connectivity index (χ1v) is 7.69. The Labute approximate surface area is 153 Å². The molecule has 8 nitrogen and oxygen atoms in total. The van der Waals surface area contributed by atoms with E-state index in [0.717, 1.165) is 0 Å². The maximum atomic E-state index is 12.9. The van der Waals surface area contributed by atoms with Crippen LogP contribution >= 0.6 is 0 Å². The molecule has 0 aliphatic heterocycles. The van der Waals surface area contributed by atoms with Gasteiger partial charge in [-0.3, -0.25) is 9.59 Å². The second-order valence-electron chi connectivity index (χ2n) is 5.56. The van der Waals surface area contributed by atoms with E-state index in [1.807, 2.05) is 0 Å². The van der Waals surface area contributed by atoms with Crippen molar-refractivity contribution in [3.05, 3.63) is 59.7 Å². The van der Waals surface area contributed by atoms with Crippen molar-refractivity contribution in [1.29, 1.82) is 0 Å². The van der Waals surface area contributed by atoms with Crippen LogP contribution in [0.3, 0.4) is 0 Å². The molecule has 27 heavy (non-hydrogen) atoms. The second kappa shape index (κ2) is 8.71. The molecule has 0 aliphatic carbocycles. The number of Topliss-reactive ketones (excluding diaryl/α,β-unsaturated/α-hetero) is 2. The number of benzene rings is 2. The highest BCUT2D eigenvalue weighted by molar-refractivity contribution is 6.20. The van der Waals surface area contributed by atoms with Gasteiger partial charge in [0.05, 0.1) is 24.6 Å². The van der Waals surface area contributed by atoms with Gasteiger partial charge in [0.15, 0.2) is 11.6 Å². The minimum Gasteiger partial charge on any atom is -0.395 e. The highest BCUT2D eigenvalue weighted by Crippen LogP contribution is 2.29. The number of isocyanates is 2. The molecule has 136 valence electrons. The Bertz CT molecular complexity index is 858. The van der Waals surface area contributed by atoms with Crippen molar-refractivity contribution in [2.24, 2.45) is 15.4 Å². The summed E-state index contributed by atoms with van der Waals surface area (Å²) < 4.78 is 0. The Morgan fingerprint density at radius 2 is 1.07 bits per heavy atom. The second-order valence-corrected chi connectivity index (χ2v) is 5.56. The summed E-state index contributed by atoms with van der Waals surface area (Å²) in [6, 6.07) is 10.8. The van der Waals surface area contributed by atoms with Crippen molar-refractivity contribution in [1.82, 2.24) is 0 Å². The van der Waals surface area contributed by atoms with Crippen LogP contribution in [0, 0.1) is 5.41 Å². The first-order chi connectivity index (χ1) is 13.0. The van der Waals surface area contributed by atoms with Gasteiger partial charge >= 0.3 is 0 Å². The maximum absolute atomic E-state index is 12.9. The van der Waals surface area contributed by atoms with Gasteiger partial charge in [0.2, 0.25) is 12.2 Å². The molecule has 8 heteroatoms. The molecular weight excluding hydrogens is 352 g/mol. The number of hydrogen-bond donors (Lipinski definition) is 2. The monoisotopic (exact) mass is 366 g/mol. The van der Waals surface area contributed by atoms with Gasteiger partial charge in [-0.05, 0) is 48.5 Å². The fraction of sp³-hybridized carbons (Fsp3) is 0.158. The molecule has 0 bridgehead atoms. The summed E-state index contributed by atoms with van der Waals surface area (Å²) in [5.74, 6) is -1.57. The number of carbonyl (C=O) groups is 2. The SMILES string of the molecule is O=C=Nc1ccc(C(=O)C(CO)(CO)C(=O)c2ccc(N=C=O)cc2)cc1. The van der Waals surface area contributed by atoms with Gasteiger partial charge in [-0.1, -0.05) is 0 Å². The van der Waals surface area contributed by atoms with Gasteiger partial charge in [0.25, 0.3) is 0 Å². The molecule has 0 atom stereocenters. The van der Waals surface area contributed by atoms with Crippen LogP contribution in [0.15, 0.2) is 58.5 Å². The molecule has 0 spiro atoms. The topological polar surface area (TPSA) is 133 Å². The van der Waals surface area contributed by atoms with Crippen molar-refractivity contribution < 1.29 is 29.4 Å². The number of aliphatic imine (C=N–C) groups is 2. The van der Waals surface area contributed by atoms with Crippen LogP contribution in [-0.2, 0) is 9.59 Å². The maximum Gasteiger partial charge on any atom is 0.240 e. The number of carbonyl (C=O) groups excluding carboxylic acids is 4. The lowest BCUT2D eigenvalue weighted by Crippen LogP contribution is -2.46. The van der Waals surface area contributed by atoms with Crippen LogP contribution in [0.2, 0.25) is 0 Å². The Morgan fingerprint density at radius 3 is 1.33 bits per heavy atom. The normalized spacial score (nSPS) is 10.4. The third-order valence-corrected chi connectivity index (χ3v) is 4.02. The molecule has 0 unspecified atom stereocenters. The average Bonchev–Trinajstić information content (AvgIpc) is 2.71. The van der Waals surface area contributed by atoms with E-state index in [2.05, 4.69) is 9.98 Å². The summed E-state index contributed by atoms with van der Waals surface area (Å²) >= 11 is 0. The number of aliphatic hydroxyl groups is 2. The molecule has 0 aliphatic rings. The summed E-state index contributed by atoms with van der Waals surface area (Å²) in [6.07, 6.45) is 2.73. The quantitative estimate of drug-likeness (QED) is 0.316. The van der Waals surface area contributed by atoms with E-state index in [0.29, 0.717) is 0 Å². The largest absolute Gasteiger partial charge is 0.395 e. The van der Waals surface area contributed by atoms with Crippen molar-refractivity contribution in [3.8, 4) is 0 Å². The smallest absolute Gasteiger partial charge is 0.240 e. The minimum atomic E-state index is -2.09. The summed E-state index contributed by atoms with van der Waals surface area (Å²) in [5.41, 5.74) is -1.46. The van der Waals surface area contributed by atoms with Crippen LogP contribution in [0.4, 0.5) is 11.4 Å². The van der Waals surface area contributed by atoms with Crippen molar-refractivity contribution in [2.45, 2.75) is 0 Å². The van der Waals surface area contributed by atoms with Crippen LogP contribution in [0.25, 0.3) is 0 Å². The van der Waals surface area contributed by atoms with Gasteiger partial charge in [-0.2, -0.15) is 9.98 Å². The molecule has 0 aromatic heterocycles. The zero-order valence-electron chi connectivity index (χ0n) is 14.0.